The third-order valence-electron chi connectivity index (χ3n) is 5.91. The molecule has 1 atom stereocenters. The van der Waals surface area contributed by atoms with Crippen LogP contribution >= 0.6 is 11.6 Å². The lowest BCUT2D eigenvalue weighted by atomic mass is 9.91. The van der Waals surface area contributed by atoms with E-state index in [1.807, 2.05) is 27.8 Å². The summed E-state index contributed by atoms with van der Waals surface area (Å²) < 4.78 is 7.35. The summed E-state index contributed by atoms with van der Waals surface area (Å²) in [5.74, 6) is 0.0270. The summed E-state index contributed by atoms with van der Waals surface area (Å²) >= 11 is 5.97. The number of rotatable bonds is 7. The molecule has 1 saturated heterocycles. The van der Waals surface area contributed by atoms with Gasteiger partial charge in [0.05, 0.1) is 19.8 Å². The van der Waals surface area contributed by atoms with E-state index in [4.69, 9.17) is 21.4 Å². The average Bonchev–Trinajstić information content (AvgIpc) is 3.13. The van der Waals surface area contributed by atoms with Gasteiger partial charge in [-0.05, 0) is 49.9 Å². The second-order valence-corrected chi connectivity index (χ2v) is 8.36. The van der Waals surface area contributed by atoms with Crippen LogP contribution < -0.4 is 5.32 Å². The van der Waals surface area contributed by atoms with E-state index in [0.717, 1.165) is 42.8 Å². The molecular weight excluding hydrogens is 400 g/mol. The normalized spacial score (nSPS) is 18.8. The van der Waals surface area contributed by atoms with Crippen molar-refractivity contribution in [3.05, 3.63) is 64.5 Å². The van der Waals surface area contributed by atoms with Crippen molar-refractivity contribution in [1.29, 1.82) is 0 Å². The standard InChI is InChI=1S/C23H29ClN4O2/c1-2-11-28-21-8-7-19(25-10-9-17-3-5-18(24)6-4-17)16-20(21)22(26-28)23(29)27-12-14-30-15-13-27/h2-6,19,25H,1,7-16H2. The first-order chi connectivity index (χ1) is 14.7. The van der Waals surface area contributed by atoms with Crippen molar-refractivity contribution in [2.24, 2.45) is 0 Å². The van der Waals surface area contributed by atoms with Crippen LogP contribution in [0.5, 0.6) is 0 Å². The summed E-state index contributed by atoms with van der Waals surface area (Å²) in [4.78, 5) is 15.0. The first-order valence-electron chi connectivity index (χ1n) is 10.7. The first kappa shape index (κ1) is 21.1. The second-order valence-electron chi connectivity index (χ2n) is 7.92. The predicted molar refractivity (Wildman–Crippen MR) is 118 cm³/mol. The molecule has 1 amide bonds. The van der Waals surface area contributed by atoms with Crippen LogP contribution in [0.2, 0.25) is 5.02 Å². The Bertz CT molecular complexity index is 887. The van der Waals surface area contributed by atoms with E-state index in [-0.39, 0.29) is 5.91 Å². The van der Waals surface area contributed by atoms with Crippen LogP contribution in [-0.4, -0.2) is 59.5 Å². The molecule has 1 unspecified atom stereocenters. The number of morpholine rings is 1. The van der Waals surface area contributed by atoms with Crippen LogP contribution in [0.3, 0.4) is 0 Å². The molecule has 1 aromatic carbocycles. The Morgan fingerprint density at radius 3 is 2.80 bits per heavy atom. The highest BCUT2D eigenvalue weighted by molar-refractivity contribution is 6.30. The van der Waals surface area contributed by atoms with Gasteiger partial charge in [0.15, 0.2) is 5.69 Å². The van der Waals surface area contributed by atoms with E-state index >= 15 is 0 Å². The number of benzene rings is 1. The van der Waals surface area contributed by atoms with Gasteiger partial charge in [-0.3, -0.25) is 9.48 Å². The number of carbonyl (C=O) groups excluding carboxylic acids is 1. The van der Waals surface area contributed by atoms with Crippen LogP contribution in [0.15, 0.2) is 36.9 Å². The Morgan fingerprint density at radius 2 is 2.07 bits per heavy atom. The molecule has 0 saturated carbocycles. The van der Waals surface area contributed by atoms with E-state index in [2.05, 4.69) is 24.0 Å². The number of amides is 1. The van der Waals surface area contributed by atoms with E-state index in [9.17, 15) is 4.79 Å². The van der Waals surface area contributed by atoms with E-state index in [1.165, 1.54) is 11.3 Å². The highest BCUT2D eigenvalue weighted by Crippen LogP contribution is 2.26. The maximum Gasteiger partial charge on any atom is 0.274 e. The average molecular weight is 429 g/mol. The number of ether oxygens (including phenoxy) is 1. The lowest BCUT2D eigenvalue weighted by Crippen LogP contribution is -2.42. The molecule has 6 nitrogen and oxygen atoms in total. The highest BCUT2D eigenvalue weighted by Gasteiger charge is 2.31. The van der Waals surface area contributed by atoms with Crippen molar-refractivity contribution >= 4 is 17.5 Å². The summed E-state index contributed by atoms with van der Waals surface area (Å²) in [6.45, 7) is 7.82. The van der Waals surface area contributed by atoms with Crippen LogP contribution in [0.1, 0.15) is 33.7 Å². The number of hydrogen-bond acceptors (Lipinski definition) is 4. The monoisotopic (exact) mass is 428 g/mol. The molecule has 1 aliphatic carbocycles. The largest absolute Gasteiger partial charge is 0.378 e. The molecule has 160 valence electrons. The molecule has 2 heterocycles. The Morgan fingerprint density at radius 1 is 1.30 bits per heavy atom. The molecule has 30 heavy (non-hydrogen) atoms. The zero-order valence-electron chi connectivity index (χ0n) is 17.3. The van der Waals surface area contributed by atoms with Gasteiger partial charge in [-0.15, -0.1) is 6.58 Å². The summed E-state index contributed by atoms with van der Waals surface area (Å²) in [5.41, 5.74) is 4.16. The molecule has 4 rings (SSSR count). The molecule has 1 aliphatic heterocycles. The molecule has 0 spiro atoms. The molecule has 7 heteroatoms. The maximum atomic E-state index is 13.2. The summed E-state index contributed by atoms with van der Waals surface area (Å²) in [6.07, 6.45) is 5.59. The summed E-state index contributed by atoms with van der Waals surface area (Å²) in [5, 5.41) is 9.14. The summed E-state index contributed by atoms with van der Waals surface area (Å²) in [7, 11) is 0. The van der Waals surface area contributed by atoms with Gasteiger partial charge in [-0.2, -0.15) is 5.10 Å². The fourth-order valence-corrected chi connectivity index (χ4v) is 4.42. The Kier molecular flexibility index (Phi) is 6.87. The summed E-state index contributed by atoms with van der Waals surface area (Å²) in [6, 6.07) is 8.35. The van der Waals surface area contributed by atoms with Gasteiger partial charge in [0.2, 0.25) is 0 Å². The number of fused-ring (bicyclic) bond motifs is 1. The lowest BCUT2D eigenvalue weighted by Gasteiger charge is -2.28. The number of aromatic nitrogens is 2. The fourth-order valence-electron chi connectivity index (χ4n) is 4.30. The molecule has 1 N–H and O–H groups in total. The Balaban J connectivity index is 1.44. The molecule has 2 aromatic rings. The van der Waals surface area contributed by atoms with Crippen LogP contribution in [0.25, 0.3) is 0 Å². The quantitative estimate of drug-likeness (QED) is 0.689. The van der Waals surface area contributed by atoms with Gasteiger partial charge in [-0.25, -0.2) is 0 Å². The van der Waals surface area contributed by atoms with Gasteiger partial charge in [0.1, 0.15) is 0 Å². The van der Waals surface area contributed by atoms with Gasteiger partial charge >= 0.3 is 0 Å². The first-order valence-corrected chi connectivity index (χ1v) is 11.1. The van der Waals surface area contributed by atoms with E-state index in [1.54, 1.807) is 0 Å². The van der Waals surface area contributed by atoms with Crippen molar-refractivity contribution < 1.29 is 9.53 Å². The third-order valence-corrected chi connectivity index (χ3v) is 6.16. The SMILES string of the molecule is C=CCn1nc(C(=O)N2CCOCC2)c2c1CCC(NCCc1ccc(Cl)cc1)C2. The van der Waals surface area contributed by atoms with Crippen LogP contribution in [-0.2, 0) is 30.5 Å². The minimum absolute atomic E-state index is 0.0270. The molecule has 1 fully saturated rings. The maximum absolute atomic E-state index is 13.2. The topological polar surface area (TPSA) is 59.4 Å². The smallest absolute Gasteiger partial charge is 0.274 e. The van der Waals surface area contributed by atoms with Crippen molar-refractivity contribution in [2.75, 3.05) is 32.8 Å². The highest BCUT2D eigenvalue weighted by atomic mass is 35.5. The van der Waals surface area contributed by atoms with Crippen molar-refractivity contribution in [3.63, 3.8) is 0 Å². The molecule has 0 radical (unpaired) electrons. The minimum Gasteiger partial charge on any atom is -0.378 e. The van der Waals surface area contributed by atoms with Gasteiger partial charge in [0.25, 0.3) is 5.91 Å². The minimum atomic E-state index is 0.0270. The van der Waals surface area contributed by atoms with E-state index < -0.39 is 0 Å². The van der Waals surface area contributed by atoms with Crippen molar-refractivity contribution in [3.8, 4) is 0 Å². The number of hydrogen-bond donors (Lipinski definition) is 1. The number of allylic oxidation sites excluding steroid dienone is 1. The molecule has 1 aromatic heterocycles. The van der Waals surface area contributed by atoms with Gasteiger partial charge in [0, 0.05) is 35.4 Å². The van der Waals surface area contributed by atoms with Crippen LogP contribution in [0, 0.1) is 0 Å². The molecule has 0 bridgehead atoms. The van der Waals surface area contributed by atoms with Gasteiger partial charge < -0.3 is 15.0 Å². The number of halogens is 1. The zero-order chi connectivity index (χ0) is 20.9. The Hall–Kier alpha value is -2.15. The van der Waals surface area contributed by atoms with Gasteiger partial charge in [-0.1, -0.05) is 29.8 Å². The number of carbonyl (C=O) groups is 1. The number of nitrogens with one attached hydrogen (secondary N) is 1. The third kappa shape index (κ3) is 4.77. The van der Waals surface area contributed by atoms with Crippen molar-refractivity contribution in [1.82, 2.24) is 20.0 Å². The fraction of sp³-hybridized carbons (Fsp3) is 0.478. The number of nitrogens with zero attached hydrogens (tertiary/aromatic N) is 3. The van der Waals surface area contributed by atoms with Crippen molar-refractivity contribution in [2.45, 2.75) is 38.3 Å². The van der Waals surface area contributed by atoms with Crippen LogP contribution in [0.4, 0.5) is 0 Å². The molecular formula is C23H29ClN4O2. The second kappa shape index (κ2) is 9.77. The van der Waals surface area contributed by atoms with E-state index in [0.29, 0.717) is 44.6 Å². The zero-order valence-corrected chi connectivity index (χ0v) is 18.0. The Labute approximate surface area is 182 Å². The lowest BCUT2D eigenvalue weighted by molar-refractivity contribution is 0.0297. The molecule has 2 aliphatic rings. The predicted octanol–water partition coefficient (Wildman–Crippen LogP) is 2.88.